The summed E-state index contributed by atoms with van der Waals surface area (Å²) in [5, 5.41) is 0. The lowest BCUT2D eigenvalue weighted by atomic mass is 10.2. The monoisotopic (exact) mass is 316 g/mol. The highest BCUT2D eigenvalue weighted by Gasteiger charge is 2.15. The molecule has 0 unspecified atom stereocenters. The molecule has 0 spiro atoms. The average Bonchev–Trinajstić information content (AvgIpc) is 2.25. The van der Waals surface area contributed by atoms with Crippen LogP contribution in [0.3, 0.4) is 0 Å². The number of hydrogen-bond acceptors (Lipinski definition) is 4. The van der Waals surface area contributed by atoms with Gasteiger partial charge >= 0.3 is 6.09 Å². The van der Waals surface area contributed by atoms with Gasteiger partial charge in [-0.15, -0.1) is 0 Å². The Balaban J connectivity index is 2.56. The van der Waals surface area contributed by atoms with Crippen molar-refractivity contribution in [1.29, 1.82) is 0 Å². The van der Waals surface area contributed by atoms with Gasteiger partial charge in [-0.3, -0.25) is 5.43 Å². The second-order valence-corrected chi connectivity index (χ2v) is 5.45. The van der Waals surface area contributed by atoms with E-state index in [0.29, 0.717) is 5.69 Å². The van der Waals surface area contributed by atoms with E-state index in [1.165, 1.54) is 0 Å². The van der Waals surface area contributed by atoms with Crippen LogP contribution in [0.25, 0.3) is 0 Å². The molecule has 0 aliphatic heterocycles. The quantitative estimate of drug-likeness (QED) is 0.840. The molecule has 100 valence electrons. The van der Waals surface area contributed by atoms with Gasteiger partial charge in [-0.05, 0) is 54.9 Å². The summed E-state index contributed by atoms with van der Waals surface area (Å²) in [4.78, 5) is 11.4. The van der Waals surface area contributed by atoms with E-state index in [9.17, 15) is 4.79 Å². The molecule has 0 fully saturated rings. The van der Waals surface area contributed by atoms with E-state index >= 15 is 0 Å². The number of carbonyl (C=O) groups is 1. The van der Waals surface area contributed by atoms with Crippen molar-refractivity contribution in [2.75, 3.05) is 12.5 Å². The van der Waals surface area contributed by atoms with Crippen LogP contribution in [0.1, 0.15) is 20.8 Å². The molecule has 1 aromatic carbocycles. The lowest BCUT2D eigenvalue weighted by molar-refractivity contribution is 0.0541. The summed E-state index contributed by atoms with van der Waals surface area (Å²) in [5.41, 5.74) is 5.40. The van der Waals surface area contributed by atoms with Crippen LogP contribution in [0, 0.1) is 0 Å². The summed E-state index contributed by atoms with van der Waals surface area (Å²) in [7, 11) is 1.59. The molecule has 1 rings (SSSR count). The lowest BCUT2D eigenvalue weighted by Crippen LogP contribution is -2.35. The molecule has 0 heterocycles. The molecule has 0 aliphatic rings. The van der Waals surface area contributed by atoms with Crippen molar-refractivity contribution in [3.05, 3.63) is 22.7 Å². The number of halogens is 1. The topological polar surface area (TPSA) is 59.6 Å². The van der Waals surface area contributed by atoms with Gasteiger partial charge in [0.1, 0.15) is 11.4 Å². The number of nitrogens with one attached hydrogen (secondary N) is 2. The molecule has 0 aliphatic carbocycles. The Labute approximate surface area is 115 Å². The van der Waals surface area contributed by atoms with Crippen LogP contribution < -0.4 is 15.6 Å². The number of amides is 1. The van der Waals surface area contributed by atoms with Crippen LogP contribution in [0.5, 0.6) is 5.75 Å². The molecule has 5 nitrogen and oxygen atoms in total. The van der Waals surface area contributed by atoms with Crippen LogP contribution in [0.15, 0.2) is 22.7 Å². The van der Waals surface area contributed by atoms with Crippen molar-refractivity contribution in [1.82, 2.24) is 5.43 Å². The number of rotatable bonds is 3. The van der Waals surface area contributed by atoms with Crippen LogP contribution in [0.4, 0.5) is 10.5 Å². The largest absolute Gasteiger partial charge is 0.497 e. The minimum atomic E-state index is -0.537. The van der Waals surface area contributed by atoms with E-state index in [1.54, 1.807) is 46.1 Å². The normalized spacial score (nSPS) is 10.7. The zero-order valence-electron chi connectivity index (χ0n) is 10.8. The van der Waals surface area contributed by atoms with Crippen molar-refractivity contribution in [3.63, 3.8) is 0 Å². The van der Waals surface area contributed by atoms with Crippen LogP contribution >= 0.6 is 15.9 Å². The summed E-state index contributed by atoms with van der Waals surface area (Å²) in [6.07, 6.45) is -0.537. The average molecular weight is 317 g/mol. The summed E-state index contributed by atoms with van der Waals surface area (Å²) >= 11 is 3.36. The molecule has 6 heteroatoms. The Morgan fingerprint density at radius 1 is 1.33 bits per heavy atom. The number of carbonyl (C=O) groups excluding carboxylic acids is 1. The van der Waals surface area contributed by atoms with Gasteiger partial charge in [0.05, 0.1) is 12.8 Å². The first-order valence-electron chi connectivity index (χ1n) is 5.40. The van der Waals surface area contributed by atoms with Crippen molar-refractivity contribution in [2.24, 2.45) is 0 Å². The molecule has 0 bridgehead atoms. The van der Waals surface area contributed by atoms with E-state index < -0.39 is 11.7 Å². The van der Waals surface area contributed by atoms with E-state index in [0.717, 1.165) is 10.2 Å². The number of hydrogen-bond donors (Lipinski definition) is 2. The highest BCUT2D eigenvalue weighted by atomic mass is 79.9. The fourth-order valence-electron chi connectivity index (χ4n) is 1.15. The lowest BCUT2D eigenvalue weighted by Gasteiger charge is -2.20. The number of benzene rings is 1. The predicted molar refractivity (Wildman–Crippen MR) is 73.7 cm³/mol. The Kier molecular flexibility index (Phi) is 4.84. The Morgan fingerprint density at radius 3 is 2.50 bits per heavy atom. The van der Waals surface area contributed by atoms with Crippen LogP contribution in [0.2, 0.25) is 0 Å². The third-order valence-electron chi connectivity index (χ3n) is 1.87. The Hall–Kier alpha value is -1.43. The predicted octanol–water partition coefficient (Wildman–Crippen LogP) is 3.31. The van der Waals surface area contributed by atoms with Gasteiger partial charge in [0.25, 0.3) is 0 Å². The SMILES string of the molecule is COc1ccc(NNC(=O)OC(C)(C)C)c(Br)c1. The molecule has 18 heavy (non-hydrogen) atoms. The fraction of sp³-hybridized carbons (Fsp3) is 0.417. The third-order valence-corrected chi connectivity index (χ3v) is 2.53. The van der Waals surface area contributed by atoms with Gasteiger partial charge in [0, 0.05) is 4.47 Å². The molecule has 1 aromatic rings. The number of ether oxygens (including phenoxy) is 2. The molecule has 0 saturated carbocycles. The second-order valence-electron chi connectivity index (χ2n) is 4.60. The van der Waals surface area contributed by atoms with Gasteiger partial charge in [0.15, 0.2) is 0 Å². The van der Waals surface area contributed by atoms with Crippen molar-refractivity contribution in [3.8, 4) is 5.75 Å². The van der Waals surface area contributed by atoms with E-state index in [2.05, 4.69) is 26.8 Å². The smallest absolute Gasteiger partial charge is 0.426 e. The maximum atomic E-state index is 11.4. The summed E-state index contributed by atoms with van der Waals surface area (Å²) in [6.45, 7) is 5.40. The fourth-order valence-corrected chi connectivity index (χ4v) is 1.60. The highest BCUT2D eigenvalue weighted by Crippen LogP contribution is 2.26. The van der Waals surface area contributed by atoms with Crippen molar-refractivity contribution < 1.29 is 14.3 Å². The summed E-state index contributed by atoms with van der Waals surface area (Å²) in [6, 6.07) is 5.35. The molecule has 2 N–H and O–H groups in total. The summed E-state index contributed by atoms with van der Waals surface area (Å²) in [5.74, 6) is 0.727. The van der Waals surface area contributed by atoms with E-state index in [1.807, 2.05) is 0 Å². The molecule has 1 amide bonds. The molecule has 0 saturated heterocycles. The van der Waals surface area contributed by atoms with Gasteiger partial charge in [-0.2, -0.15) is 0 Å². The maximum absolute atomic E-state index is 11.4. The highest BCUT2D eigenvalue weighted by molar-refractivity contribution is 9.10. The zero-order valence-corrected chi connectivity index (χ0v) is 12.4. The summed E-state index contributed by atoms with van der Waals surface area (Å²) < 4.78 is 10.9. The van der Waals surface area contributed by atoms with Gasteiger partial charge < -0.3 is 9.47 Å². The number of hydrazine groups is 1. The maximum Gasteiger partial charge on any atom is 0.426 e. The van der Waals surface area contributed by atoms with E-state index in [-0.39, 0.29) is 0 Å². The van der Waals surface area contributed by atoms with Gasteiger partial charge in [-0.25, -0.2) is 10.2 Å². The third kappa shape index (κ3) is 4.83. The van der Waals surface area contributed by atoms with Crippen molar-refractivity contribution in [2.45, 2.75) is 26.4 Å². The van der Waals surface area contributed by atoms with Crippen LogP contribution in [-0.4, -0.2) is 18.8 Å². The molecule has 0 radical (unpaired) electrons. The Bertz CT molecular complexity index is 430. The number of anilines is 1. The van der Waals surface area contributed by atoms with Crippen LogP contribution in [-0.2, 0) is 4.74 Å². The van der Waals surface area contributed by atoms with Gasteiger partial charge in [-0.1, -0.05) is 0 Å². The molecule has 0 aromatic heterocycles. The van der Waals surface area contributed by atoms with Gasteiger partial charge in [0.2, 0.25) is 0 Å². The first kappa shape index (κ1) is 14.6. The molecule has 0 atom stereocenters. The first-order chi connectivity index (χ1) is 8.31. The minimum absolute atomic E-state index is 0.525. The standard InChI is InChI=1S/C12H17BrN2O3/c1-12(2,3)18-11(16)15-14-10-6-5-8(17-4)7-9(10)13/h5-7,14H,1-4H3,(H,15,16). The first-order valence-corrected chi connectivity index (χ1v) is 6.19. The minimum Gasteiger partial charge on any atom is -0.497 e. The second kappa shape index (κ2) is 5.95. The van der Waals surface area contributed by atoms with E-state index in [4.69, 9.17) is 9.47 Å². The Morgan fingerprint density at radius 2 is 2.00 bits per heavy atom. The molecular formula is C12H17BrN2O3. The van der Waals surface area contributed by atoms with Crippen molar-refractivity contribution >= 4 is 27.7 Å². The molecular weight excluding hydrogens is 300 g/mol. The zero-order chi connectivity index (χ0) is 13.8. The number of methoxy groups -OCH3 is 1.